The second-order valence-corrected chi connectivity index (χ2v) is 20.9. The molecule has 0 aromatic heterocycles. The lowest BCUT2D eigenvalue weighted by atomic mass is 9.99. The van der Waals surface area contributed by atoms with Crippen LogP contribution in [0.4, 0.5) is 0 Å². The second-order valence-electron chi connectivity index (χ2n) is 20.9. The predicted octanol–water partition coefficient (Wildman–Crippen LogP) is -3.04. The number of carbonyl (C=O) groups excluding carboxylic acids is 10. The van der Waals surface area contributed by atoms with Gasteiger partial charge in [-0.15, -0.1) is 0 Å². The van der Waals surface area contributed by atoms with Crippen molar-refractivity contribution in [1.29, 1.82) is 0 Å². The van der Waals surface area contributed by atoms with E-state index in [-0.39, 0.29) is 108 Å². The van der Waals surface area contributed by atoms with Gasteiger partial charge in [0.05, 0.1) is 6.42 Å². The molecular weight excluding hydrogens is 1080 g/mol. The smallest absolute Gasteiger partial charge is 0.245 e. The maximum absolute atomic E-state index is 14.8. The van der Waals surface area contributed by atoms with Crippen LogP contribution in [0.5, 0.6) is 0 Å². The topological polar surface area (TPSA) is 465 Å². The van der Waals surface area contributed by atoms with E-state index in [4.69, 9.17) is 40.1 Å². The summed E-state index contributed by atoms with van der Waals surface area (Å²) in [7, 11) is 0. The minimum atomic E-state index is -1.50. The Morgan fingerprint density at radius 2 is 0.929 bits per heavy atom. The summed E-state index contributed by atoms with van der Waals surface area (Å²) < 4.78 is 0. The number of primary amides is 2. The van der Waals surface area contributed by atoms with Gasteiger partial charge in [0, 0.05) is 51.9 Å². The highest BCUT2D eigenvalue weighted by Gasteiger charge is 2.40. The van der Waals surface area contributed by atoms with Crippen LogP contribution < -0.4 is 77.4 Å². The maximum Gasteiger partial charge on any atom is 0.245 e. The molecule has 0 bridgehead atoms. The van der Waals surface area contributed by atoms with E-state index in [1.54, 1.807) is 84.9 Å². The van der Waals surface area contributed by atoms with Gasteiger partial charge in [-0.05, 0) is 67.6 Å². The van der Waals surface area contributed by atoms with E-state index in [1.165, 1.54) is 4.90 Å². The Bertz CT molecular complexity index is 2750. The second kappa shape index (κ2) is 35.0. The lowest BCUT2D eigenvalue weighted by molar-refractivity contribution is -0.142. The molecule has 1 aliphatic heterocycles. The molecule has 8 atom stereocenters. The van der Waals surface area contributed by atoms with Gasteiger partial charge in [0.2, 0.25) is 59.1 Å². The molecule has 1 heterocycles. The van der Waals surface area contributed by atoms with Crippen molar-refractivity contribution in [3.63, 3.8) is 0 Å². The summed E-state index contributed by atoms with van der Waals surface area (Å²) in [4.78, 5) is 147. The van der Waals surface area contributed by atoms with Crippen molar-refractivity contribution in [2.75, 3.05) is 26.2 Å². The molecule has 0 unspecified atom stereocenters. The van der Waals surface area contributed by atoms with Gasteiger partial charge >= 0.3 is 0 Å². The van der Waals surface area contributed by atoms with Crippen molar-refractivity contribution >= 4 is 71.0 Å². The van der Waals surface area contributed by atoms with Gasteiger partial charge < -0.3 is 82.3 Å². The molecule has 84 heavy (non-hydrogen) atoms. The molecule has 456 valence electrons. The molecule has 27 heteroatoms. The van der Waals surface area contributed by atoms with Gasteiger partial charge in [-0.25, -0.2) is 0 Å². The number of hydrogen-bond acceptors (Lipinski definition) is 13. The molecule has 4 rings (SSSR count). The van der Waals surface area contributed by atoms with Crippen LogP contribution in [-0.2, 0) is 67.2 Å². The third kappa shape index (κ3) is 23.8. The fourth-order valence-corrected chi connectivity index (χ4v) is 9.37. The van der Waals surface area contributed by atoms with E-state index in [1.807, 2.05) is 19.9 Å². The fraction of sp³-hybridized carbons (Fsp3) is 0.474. The number of amides is 10. The lowest BCUT2D eigenvalue weighted by Gasteiger charge is -2.31. The van der Waals surface area contributed by atoms with Crippen molar-refractivity contribution in [3.8, 4) is 0 Å². The standard InChI is InChI=1S/C57H83N17O10/c1-34(2)29-41(71-53(82)44(32-37-19-10-5-11-20-37)73-51(80)42(67-47(76)24-25-58)30-35-15-6-3-7-16-35)50(79)72-43(31-36-17-8-4-9-18-36)52(81)69-39(22-13-27-66-57(63)64)55(84)74-28-14-23-45(74)54(83)68-38(21-12-26-65-56(61)62)49(78)70-40(48(60)77)33-46(59)75/h3-11,15-20,34,38-45H,12-14,21-33,58H2,1-2H3,(H2,59,75)(H2,60,77)(H,67,76)(H,68,83)(H,69,81)(H,70,78)(H,71,82)(H,72,79)(H,73,80)(H4,61,62,65)(H4,63,64,66)/t38-,39-,40-,41-,42-,43-,44-,45-/m0/s1. The number of guanidine groups is 2. The van der Waals surface area contributed by atoms with E-state index in [0.29, 0.717) is 17.5 Å². The molecule has 1 saturated heterocycles. The van der Waals surface area contributed by atoms with Crippen molar-refractivity contribution in [1.82, 2.24) is 42.1 Å². The summed E-state index contributed by atoms with van der Waals surface area (Å²) in [6.07, 6.45) is 0.120. The molecule has 3 aromatic carbocycles. The quantitative estimate of drug-likeness (QED) is 0.0158. The zero-order chi connectivity index (χ0) is 61.7. The Kier molecular flexibility index (Phi) is 28.1. The van der Waals surface area contributed by atoms with Crippen molar-refractivity contribution in [3.05, 3.63) is 108 Å². The summed E-state index contributed by atoms with van der Waals surface area (Å²) in [6.45, 7) is 3.88. The molecule has 0 spiro atoms. The number of carbonyl (C=O) groups is 10. The van der Waals surface area contributed by atoms with Crippen molar-refractivity contribution in [2.24, 2.45) is 56.0 Å². The predicted molar refractivity (Wildman–Crippen MR) is 315 cm³/mol. The number of likely N-dealkylation sites (tertiary alicyclic amines) is 1. The number of nitrogens with zero attached hydrogens (tertiary/aromatic N) is 3. The molecule has 0 saturated carbocycles. The Hall–Kier alpha value is -9.14. The normalized spacial score (nSPS) is 15.2. The fourth-order valence-electron chi connectivity index (χ4n) is 9.37. The largest absolute Gasteiger partial charge is 0.370 e. The summed E-state index contributed by atoms with van der Waals surface area (Å²) in [5.74, 6) is -8.31. The highest BCUT2D eigenvalue weighted by Crippen LogP contribution is 2.21. The van der Waals surface area contributed by atoms with E-state index >= 15 is 0 Å². The minimum absolute atomic E-state index is 0.00714. The van der Waals surface area contributed by atoms with Crippen LogP contribution in [0.15, 0.2) is 101 Å². The van der Waals surface area contributed by atoms with Crippen LogP contribution in [0.2, 0.25) is 0 Å². The molecule has 1 fully saturated rings. The van der Waals surface area contributed by atoms with Crippen LogP contribution in [0, 0.1) is 5.92 Å². The summed E-state index contributed by atoms with van der Waals surface area (Å²) in [6, 6.07) is 16.3. The monoisotopic (exact) mass is 1170 g/mol. The first-order chi connectivity index (χ1) is 40.0. The summed E-state index contributed by atoms with van der Waals surface area (Å²) in [5.41, 5.74) is 40.5. The highest BCUT2D eigenvalue weighted by atomic mass is 16.2. The van der Waals surface area contributed by atoms with E-state index in [2.05, 4.69) is 47.2 Å². The van der Waals surface area contributed by atoms with Crippen LogP contribution in [0.1, 0.15) is 88.3 Å². The number of nitrogens with one attached hydrogen (secondary N) is 7. The highest BCUT2D eigenvalue weighted by molar-refractivity contribution is 5.99. The zero-order valence-electron chi connectivity index (χ0n) is 47.6. The van der Waals surface area contributed by atoms with Gasteiger partial charge in [-0.2, -0.15) is 0 Å². The lowest BCUT2D eigenvalue weighted by Crippen LogP contribution is -2.61. The first-order valence-corrected chi connectivity index (χ1v) is 28.0. The van der Waals surface area contributed by atoms with E-state index in [9.17, 15) is 47.9 Å². The number of aliphatic imine (C=N–C) groups is 2. The van der Waals surface area contributed by atoms with Gasteiger partial charge in [-0.3, -0.25) is 57.9 Å². The Morgan fingerprint density at radius 3 is 1.36 bits per heavy atom. The average Bonchev–Trinajstić information content (AvgIpc) is 4.10. The minimum Gasteiger partial charge on any atom is -0.370 e. The third-order valence-corrected chi connectivity index (χ3v) is 13.5. The number of hydrogen-bond donors (Lipinski definition) is 14. The molecule has 0 radical (unpaired) electrons. The average molecular weight is 1170 g/mol. The third-order valence-electron chi connectivity index (χ3n) is 13.5. The van der Waals surface area contributed by atoms with Crippen LogP contribution in [0.3, 0.4) is 0 Å². The number of rotatable bonds is 35. The van der Waals surface area contributed by atoms with Crippen molar-refractivity contribution < 1.29 is 47.9 Å². The molecule has 21 N–H and O–H groups in total. The first-order valence-electron chi connectivity index (χ1n) is 28.0. The van der Waals surface area contributed by atoms with E-state index in [0.717, 1.165) is 5.56 Å². The van der Waals surface area contributed by atoms with Crippen molar-refractivity contribution in [2.45, 2.75) is 139 Å². The molecule has 27 nitrogen and oxygen atoms in total. The summed E-state index contributed by atoms with van der Waals surface area (Å²) >= 11 is 0. The van der Waals surface area contributed by atoms with Crippen LogP contribution >= 0.6 is 0 Å². The Balaban J connectivity index is 1.65. The SMILES string of the molecule is CC(C)C[C@H](NC(=O)[C@H](Cc1ccccc1)NC(=O)[C@H](Cc1ccccc1)NC(=O)CCN)C(=O)N[C@@H](Cc1ccccc1)C(=O)N[C@@H](CCCN=C(N)N)C(=O)N1CCC[C@H]1C(=O)N[C@@H](CCCN=C(N)N)C(=O)N[C@@H](CC(N)=O)C(N)=O. The zero-order valence-corrected chi connectivity index (χ0v) is 47.6. The summed E-state index contributed by atoms with van der Waals surface area (Å²) in [5, 5.41) is 19.1. The van der Waals surface area contributed by atoms with Gasteiger partial charge in [0.25, 0.3) is 0 Å². The van der Waals surface area contributed by atoms with E-state index < -0.39 is 114 Å². The molecule has 0 aliphatic carbocycles. The molecule has 3 aromatic rings. The maximum atomic E-state index is 14.8. The van der Waals surface area contributed by atoms with Gasteiger partial charge in [0.15, 0.2) is 11.9 Å². The first kappa shape index (κ1) is 67.4. The molecule has 10 amide bonds. The molecular formula is C57H83N17O10. The number of benzene rings is 3. The van der Waals surface area contributed by atoms with Crippen LogP contribution in [-0.4, -0.2) is 150 Å². The van der Waals surface area contributed by atoms with Gasteiger partial charge in [-0.1, -0.05) is 105 Å². The molecule has 1 aliphatic rings. The number of nitrogens with two attached hydrogens (primary N) is 7. The van der Waals surface area contributed by atoms with Crippen LogP contribution in [0.25, 0.3) is 0 Å². The van der Waals surface area contributed by atoms with Gasteiger partial charge in [0.1, 0.15) is 48.3 Å². The Labute approximate surface area is 488 Å². The Morgan fingerprint density at radius 1 is 0.524 bits per heavy atom.